The first-order valence-electron chi connectivity index (χ1n) is 10.0. The summed E-state index contributed by atoms with van der Waals surface area (Å²) < 4.78 is 0. The van der Waals surface area contributed by atoms with E-state index in [0.717, 1.165) is 44.0 Å². The van der Waals surface area contributed by atoms with Gasteiger partial charge in [0.15, 0.2) is 0 Å². The lowest BCUT2D eigenvalue weighted by Crippen LogP contribution is -2.44. The van der Waals surface area contributed by atoms with E-state index in [1.165, 1.54) is 5.69 Å². The van der Waals surface area contributed by atoms with Crippen LogP contribution in [-0.4, -0.2) is 55.6 Å². The van der Waals surface area contributed by atoms with Crippen LogP contribution in [0.25, 0.3) is 0 Å². The first-order valence-corrected chi connectivity index (χ1v) is 10.0. The Hall–Kier alpha value is -2.60. The first kappa shape index (κ1) is 20.1. The summed E-state index contributed by atoms with van der Waals surface area (Å²) in [7, 11) is 2.16. The Balaban J connectivity index is 1.58. The van der Waals surface area contributed by atoms with Crippen LogP contribution in [0.4, 0.5) is 17.1 Å². The minimum atomic E-state index is -0.0813. The van der Waals surface area contributed by atoms with Crippen LogP contribution in [0.2, 0.25) is 0 Å². The molecule has 0 aliphatic carbocycles. The molecule has 1 aromatic heterocycles. The van der Waals surface area contributed by atoms with Gasteiger partial charge < -0.3 is 20.4 Å². The molecule has 6 heteroatoms. The van der Waals surface area contributed by atoms with Gasteiger partial charge in [0.1, 0.15) is 0 Å². The van der Waals surface area contributed by atoms with Crippen molar-refractivity contribution in [2.75, 3.05) is 50.0 Å². The van der Waals surface area contributed by atoms with Crippen molar-refractivity contribution in [3.05, 3.63) is 48.3 Å². The Bertz CT molecular complexity index is 767. The van der Waals surface area contributed by atoms with Crippen LogP contribution in [0.1, 0.15) is 30.6 Å². The lowest BCUT2D eigenvalue weighted by molar-refractivity contribution is 0.0951. The van der Waals surface area contributed by atoms with Gasteiger partial charge in [-0.2, -0.15) is 0 Å². The zero-order chi connectivity index (χ0) is 19.9. The van der Waals surface area contributed by atoms with Crippen LogP contribution in [-0.2, 0) is 0 Å². The topological polar surface area (TPSA) is 60.5 Å². The third-order valence-corrected chi connectivity index (χ3v) is 5.03. The van der Waals surface area contributed by atoms with Crippen molar-refractivity contribution in [2.45, 2.75) is 20.3 Å². The van der Waals surface area contributed by atoms with E-state index in [1.807, 2.05) is 6.07 Å². The average Bonchev–Trinajstić information content (AvgIpc) is 2.69. The van der Waals surface area contributed by atoms with E-state index in [-0.39, 0.29) is 5.91 Å². The second-order valence-electron chi connectivity index (χ2n) is 7.86. The highest BCUT2D eigenvalue weighted by Crippen LogP contribution is 2.22. The quantitative estimate of drug-likeness (QED) is 0.770. The van der Waals surface area contributed by atoms with Crippen molar-refractivity contribution in [3.63, 3.8) is 0 Å². The molecule has 2 heterocycles. The fourth-order valence-corrected chi connectivity index (χ4v) is 3.20. The molecule has 0 saturated carbocycles. The number of carbonyl (C=O) groups excluding carboxylic acids is 1. The third kappa shape index (κ3) is 5.70. The van der Waals surface area contributed by atoms with E-state index < -0.39 is 0 Å². The molecule has 2 N–H and O–H groups in total. The molecule has 0 atom stereocenters. The van der Waals surface area contributed by atoms with Gasteiger partial charge in [0.05, 0.1) is 17.4 Å². The van der Waals surface area contributed by atoms with Gasteiger partial charge in [-0.15, -0.1) is 0 Å². The summed E-state index contributed by atoms with van der Waals surface area (Å²) in [5.74, 6) is 0.488. The van der Waals surface area contributed by atoms with E-state index in [0.29, 0.717) is 18.0 Å². The average molecular weight is 382 g/mol. The lowest BCUT2D eigenvalue weighted by Gasteiger charge is -2.34. The summed E-state index contributed by atoms with van der Waals surface area (Å²) in [6, 6.07) is 10.3. The molecular formula is C22H31N5O. The second-order valence-corrected chi connectivity index (χ2v) is 7.86. The maximum Gasteiger partial charge on any atom is 0.252 e. The van der Waals surface area contributed by atoms with Gasteiger partial charge in [-0.25, -0.2) is 0 Å². The molecule has 1 saturated heterocycles. The number of benzene rings is 1. The number of amides is 1. The van der Waals surface area contributed by atoms with Crippen molar-refractivity contribution in [2.24, 2.45) is 5.92 Å². The second kappa shape index (κ2) is 9.55. The van der Waals surface area contributed by atoms with Crippen molar-refractivity contribution < 1.29 is 4.79 Å². The Labute approximate surface area is 167 Å². The fourth-order valence-electron chi connectivity index (χ4n) is 3.20. The van der Waals surface area contributed by atoms with Crippen LogP contribution in [0.5, 0.6) is 0 Å². The molecule has 1 aliphatic rings. The van der Waals surface area contributed by atoms with Gasteiger partial charge in [-0.1, -0.05) is 13.8 Å². The minimum absolute atomic E-state index is 0.0813. The van der Waals surface area contributed by atoms with E-state index in [1.54, 1.807) is 12.4 Å². The maximum atomic E-state index is 12.3. The molecule has 28 heavy (non-hydrogen) atoms. The summed E-state index contributed by atoms with van der Waals surface area (Å²) >= 11 is 0. The molecule has 0 radical (unpaired) electrons. The third-order valence-electron chi connectivity index (χ3n) is 5.03. The molecule has 1 fully saturated rings. The highest BCUT2D eigenvalue weighted by Gasteiger charge is 2.14. The molecule has 1 aromatic carbocycles. The van der Waals surface area contributed by atoms with Gasteiger partial charge in [0, 0.05) is 50.3 Å². The van der Waals surface area contributed by atoms with Crippen LogP contribution >= 0.6 is 0 Å². The predicted molar refractivity (Wildman–Crippen MR) is 115 cm³/mol. The number of hydrogen-bond donors (Lipinski definition) is 2. The van der Waals surface area contributed by atoms with Crippen LogP contribution < -0.4 is 15.5 Å². The monoisotopic (exact) mass is 381 g/mol. The number of hydrogen-bond acceptors (Lipinski definition) is 5. The van der Waals surface area contributed by atoms with Gasteiger partial charge in [-0.3, -0.25) is 9.78 Å². The predicted octanol–water partition coefficient (Wildman–Crippen LogP) is 3.35. The normalized spacial score (nSPS) is 14.9. The van der Waals surface area contributed by atoms with Crippen molar-refractivity contribution in [1.29, 1.82) is 0 Å². The van der Waals surface area contributed by atoms with Crippen molar-refractivity contribution in [1.82, 2.24) is 15.2 Å². The Morgan fingerprint density at radius 1 is 1.07 bits per heavy atom. The van der Waals surface area contributed by atoms with Crippen molar-refractivity contribution in [3.8, 4) is 0 Å². The number of anilines is 3. The van der Waals surface area contributed by atoms with Crippen molar-refractivity contribution >= 4 is 23.0 Å². The minimum Gasteiger partial charge on any atom is -0.369 e. The Morgan fingerprint density at radius 2 is 1.79 bits per heavy atom. The Morgan fingerprint density at radius 3 is 2.46 bits per heavy atom. The summed E-state index contributed by atoms with van der Waals surface area (Å²) in [5.41, 5.74) is 3.61. The van der Waals surface area contributed by atoms with E-state index in [4.69, 9.17) is 0 Å². The van der Waals surface area contributed by atoms with Crippen LogP contribution in [0, 0.1) is 5.92 Å². The largest absolute Gasteiger partial charge is 0.369 e. The van der Waals surface area contributed by atoms with Crippen LogP contribution in [0.15, 0.2) is 42.7 Å². The molecule has 0 unspecified atom stereocenters. The number of piperazine rings is 1. The van der Waals surface area contributed by atoms with E-state index in [2.05, 4.69) is 70.6 Å². The highest BCUT2D eigenvalue weighted by atomic mass is 16.1. The molecule has 0 bridgehead atoms. The summed E-state index contributed by atoms with van der Waals surface area (Å²) in [5, 5.41) is 6.29. The molecule has 6 nitrogen and oxygen atoms in total. The number of nitrogens with one attached hydrogen (secondary N) is 2. The number of likely N-dealkylation sites (N-methyl/N-ethyl adjacent to an activating group) is 1. The van der Waals surface area contributed by atoms with Gasteiger partial charge in [0.2, 0.25) is 0 Å². The molecular weight excluding hydrogens is 350 g/mol. The summed E-state index contributed by atoms with van der Waals surface area (Å²) in [4.78, 5) is 21.3. The van der Waals surface area contributed by atoms with E-state index >= 15 is 0 Å². The number of rotatable bonds is 7. The SMILES string of the molecule is CC(C)CCNC(=O)c1cncc(Nc2ccc(N3CCN(C)CC3)cc2)c1. The number of pyridine rings is 1. The smallest absolute Gasteiger partial charge is 0.252 e. The Kier molecular flexibility index (Phi) is 6.87. The zero-order valence-electron chi connectivity index (χ0n) is 17.1. The molecule has 0 spiro atoms. The summed E-state index contributed by atoms with van der Waals surface area (Å²) in [6.07, 6.45) is 4.31. The lowest BCUT2D eigenvalue weighted by atomic mass is 10.1. The number of nitrogens with zero attached hydrogens (tertiary/aromatic N) is 3. The number of aromatic nitrogens is 1. The molecule has 1 amide bonds. The van der Waals surface area contributed by atoms with Gasteiger partial charge >= 0.3 is 0 Å². The highest BCUT2D eigenvalue weighted by molar-refractivity contribution is 5.94. The molecule has 2 aromatic rings. The van der Waals surface area contributed by atoms with E-state index in [9.17, 15) is 4.79 Å². The molecule has 3 rings (SSSR count). The van der Waals surface area contributed by atoms with Gasteiger partial charge in [-0.05, 0) is 49.7 Å². The maximum absolute atomic E-state index is 12.3. The standard InChI is InChI=1S/C22H31N5O/c1-17(2)8-9-24-22(28)18-14-20(16-23-15-18)25-19-4-6-21(7-5-19)27-12-10-26(3)11-13-27/h4-7,14-17,25H,8-13H2,1-3H3,(H,24,28). The number of carbonyl (C=O) groups is 1. The summed E-state index contributed by atoms with van der Waals surface area (Å²) in [6.45, 7) is 9.28. The fraction of sp³-hybridized carbons (Fsp3) is 0.455. The molecule has 150 valence electrons. The van der Waals surface area contributed by atoms with Gasteiger partial charge in [0.25, 0.3) is 5.91 Å². The first-order chi connectivity index (χ1) is 13.5. The zero-order valence-corrected chi connectivity index (χ0v) is 17.1. The van der Waals surface area contributed by atoms with Crippen LogP contribution in [0.3, 0.4) is 0 Å². The molecule has 1 aliphatic heterocycles.